The van der Waals surface area contributed by atoms with Crippen molar-refractivity contribution in [3.8, 4) is 5.75 Å². The highest BCUT2D eigenvalue weighted by atomic mass is 32.2. The smallest absolute Gasteiger partial charge is 0.164 e. The summed E-state index contributed by atoms with van der Waals surface area (Å²) in [6, 6.07) is 7.60. The number of aryl methyl sites for hydroxylation is 2. The van der Waals surface area contributed by atoms with Crippen molar-refractivity contribution in [1.82, 2.24) is 9.78 Å². The van der Waals surface area contributed by atoms with Crippen molar-refractivity contribution in [3.63, 3.8) is 0 Å². The van der Waals surface area contributed by atoms with E-state index in [-0.39, 0.29) is 5.78 Å². The Labute approximate surface area is 116 Å². The van der Waals surface area contributed by atoms with Gasteiger partial charge in [0.25, 0.3) is 0 Å². The molecule has 100 valence electrons. The molecule has 0 N–H and O–H groups in total. The summed E-state index contributed by atoms with van der Waals surface area (Å²) in [6.07, 6.45) is 0. The molecule has 5 heteroatoms. The molecule has 0 amide bonds. The van der Waals surface area contributed by atoms with E-state index in [1.807, 2.05) is 36.9 Å². The van der Waals surface area contributed by atoms with Crippen LogP contribution in [0.5, 0.6) is 5.75 Å². The summed E-state index contributed by atoms with van der Waals surface area (Å²) in [7, 11) is 3.47. The van der Waals surface area contributed by atoms with Crippen LogP contribution >= 0.6 is 11.8 Å². The molecule has 0 saturated heterocycles. The first kappa shape index (κ1) is 13.7. The minimum atomic E-state index is -0.00107. The van der Waals surface area contributed by atoms with Gasteiger partial charge in [-0.15, -0.1) is 0 Å². The van der Waals surface area contributed by atoms with Gasteiger partial charge in [-0.25, -0.2) is 0 Å². The van der Waals surface area contributed by atoms with Crippen molar-refractivity contribution < 1.29 is 9.53 Å². The van der Waals surface area contributed by atoms with Crippen LogP contribution in [0.4, 0.5) is 0 Å². The van der Waals surface area contributed by atoms with Crippen LogP contribution < -0.4 is 4.74 Å². The number of methoxy groups -OCH3 is 1. The molecule has 4 nitrogen and oxygen atoms in total. The molecule has 0 aliphatic heterocycles. The molecule has 2 rings (SSSR count). The molecule has 0 bridgehead atoms. The van der Waals surface area contributed by atoms with Crippen molar-refractivity contribution in [1.29, 1.82) is 0 Å². The van der Waals surface area contributed by atoms with E-state index < -0.39 is 0 Å². The third-order valence-electron chi connectivity index (χ3n) is 2.73. The number of carbonyl (C=O) groups excluding carboxylic acids is 1. The fraction of sp³-hybridized carbons (Fsp3) is 0.286. The minimum absolute atomic E-state index is 0.00107. The number of hydrogen-bond acceptors (Lipinski definition) is 4. The van der Waals surface area contributed by atoms with Gasteiger partial charge in [-0.3, -0.25) is 9.48 Å². The molecule has 1 heterocycles. The first-order valence-electron chi connectivity index (χ1n) is 5.89. The Morgan fingerprint density at radius 3 is 2.68 bits per heavy atom. The summed E-state index contributed by atoms with van der Waals surface area (Å²) in [4.78, 5) is 12.7. The molecule has 0 saturated carbocycles. The quantitative estimate of drug-likeness (QED) is 0.805. The average Bonchev–Trinajstić information content (AvgIpc) is 2.67. The van der Waals surface area contributed by atoms with E-state index in [2.05, 4.69) is 5.10 Å². The normalized spacial score (nSPS) is 10.5. The highest BCUT2D eigenvalue weighted by Gasteiger charge is 2.15. The van der Waals surface area contributed by atoms with Gasteiger partial charge in [0, 0.05) is 11.9 Å². The largest absolute Gasteiger partial charge is 0.496 e. The lowest BCUT2D eigenvalue weighted by molar-refractivity contribution is 0.101. The average molecular weight is 276 g/mol. The van der Waals surface area contributed by atoms with E-state index in [0.29, 0.717) is 11.3 Å². The number of rotatable bonds is 4. The maximum atomic E-state index is 11.8. The van der Waals surface area contributed by atoms with Crippen molar-refractivity contribution >= 4 is 17.5 Å². The lowest BCUT2D eigenvalue weighted by atomic mass is 10.1. The van der Waals surface area contributed by atoms with Gasteiger partial charge in [-0.05, 0) is 32.0 Å². The number of benzene rings is 1. The number of aromatic nitrogens is 2. The summed E-state index contributed by atoms with van der Waals surface area (Å²) >= 11 is 1.52. The highest BCUT2D eigenvalue weighted by Crippen LogP contribution is 2.35. The Bertz CT molecular complexity index is 620. The van der Waals surface area contributed by atoms with E-state index >= 15 is 0 Å². The predicted octanol–water partition coefficient (Wildman–Crippen LogP) is 3.09. The van der Waals surface area contributed by atoms with E-state index in [1.54, 1.807) is 20.1 Å². The second-order valence-corrected chi connectivity index (χ2v) is 5.30. The van der Waals surface area contributed by atoms with Gasteiger partial charge in [0.05, 0.1) is 23.4 Å². The van der Waals surface area contributed by atoms with Crippen molar-refractivity contribution in [2.45, 2.75) is 23.8 Å². The summed E-state index contributed by atoms with van der Waals surface area (Å²) in [5, 5.41) is 5.30. The van der Waals surface area contributed by atoms with Gasteiger partial charge in [-0.1, -0.05) is 17.8 Å². The minimum Gasteiger partial charge on any atom is -0.496 e. The Hall–Kier alpha value is -1.75. The fourth-order valence-electron chi connectivity index (χ4n) is 1.91. The molecule has 0 atom stereocenters. The fourth-order valence-corrected chi connectivity index (χ4v) is 3.03. The highest BCUT2D eigenvalue weighted by molar-refractivity contribution is 7.99. The molecule has 0 fully saturated rings. The summed E-state index contributed by atoms with van der Waals surface area (Å²) < 4.78 is 7.07. The Morgan fingerprint density at radius 2 is 2.16 bits per heavy atom. The molecular weight excluding hydrogens is 260 g/mol. The van der Waals surface area contributed by atoms with Crippen molar-refractivity contribution in [3.05, 3.63) is 35.5 Å². The maximum absolute atomic E-state index is 11.8. The zero-order valence-corrected chi connectivity index (χ0v) is 12.2. The van der Waals surface area contributed by atoms with Gasteiger partial charge in [0.2, 0.25) is 0 Å². The molecule has 2 aromatic rings. The molecule has 0 aliphatic carbocycles. The van der Waals surface area contributed by atoms with E-state index in [1.165, 1.54) is 11.8 Å². The lowest BCUT2D eigenvalue weighted by Gasteiger charge is -2.11. The van der Waals surface area contributed by atoms with E-state index in [4.69, 9.17) is 4.74 Å². The summed E-state index contributed by atoms with van der Waals surface area (Å²) in [5.41, 5.74) is 1.58. The second kappa shape index (κ2) is 5.48. The van der Waals surface area contributed by atoms with Crippen molar-refractivity contribution in [2.75, 3.05) is 7.11 Å². The zero-order chi connectivity index (χ0) is 14.0. The van der Waals surface area contributed by atoms with E-state index in [9.17, 15) is 4.79 Å². The van der Waals surface area contributed by atoms with Crippen LogP contribution in [0, 0.1) is 6.92 Å². The van der Waals surface area contributed by atoms with Crippen LogP contribution in [-0.4, -0.2) is 22.7 Å². The Morgan fingerprint density at radius 1 is 1.42 bits per heavy atom. The lowest BCUT2D eigenvalue weighted by Crippen LogP contribution is -2.00. The van der Waals surface area contributed by atoms with Gasteiger partial charge >= 0.3 is 0 Å². The predicted molar refractivity (Wildman–Crippen MR) is 75.1 cm³/mol. The van der Waals surface area contributed by atoms with Gasteiger partial charge in [0.1, 0.15) is 5.75 Å². The standard InChI is InChI=1S/C14H16N2O2S/c1-9-8-13(16(3)15-9)19-12-7-5-6-11(18-4)14(12)10(2)17/h5-8H,1-4H3. The Kier molecular flexibility index (Phi) is 3.95. The Balaban J connectivity index is 2.45. The number of hydrogen-bond donors (Lipinski definition) is 0. The first-order chi connectivity index (χ1) is 9.02. The van der Waals surface area contributed by atoms with Gasteiger partial charge in [-0.2, -0.15) is 5.10 Å². The molecule has 19 heavy (non-hydrogen) atoms. The molecule has 0 radical (unpaired) electrons. The van der Waals surface area contributed by atoms with Crippen LogP contribution in [-0.2, 0) is 7.05 Å². The maximum Gasteiger partial charge on any atom is 0.164 e. The van der Waals surface area contributed by atoms with Crippen LogP contribution in [0.15, 0.2) is 34.2 Å². The molecular formula is C14H16N2O2S. The topological polar surface area (TPSA) is 44.1 Å². The summed E-state index contributed by atoms with van der Waals surface area (Å²) in [6.45, 7) is 3.50. The number of Topliss-reactive ketones (excluding diaryl/α,β-unsaturated/α-hetero) is 1. The number of carbonyl (C=O) groups is 1. The third-order valence-corrected chi connectivity index (χ3v) is 3.88. The first-order valence-corrected chi connectivity index (χ1v) is 6.71. The molecule has 1 aromatic carbocycles. The second-order valence-electron chi connectivity index (χ2n) is 4.24. The number of ether oxygens (including phenoxy) is 1. The SMILES string of the molecule is COc1cccc(Sc2cc(C)nn2C)c1C(C)=O. The van der Waals surface area contributed by atoms with Crippen LogP contribution in [0.2, 0.25) is 0 Å². The summed E-state index contributed by atoms with van der Waals surface area (Å²) in [5.74, 6) is 0.607. The molecule has 0 unspecified atom stereocenters. The van der Waals surface area contributed by atoms with Crippen LogP contribution in [0.25, 0.3) is 0 Å². The van der Waals surface area contributed by atoms with Crippen molar-refractivity contribution in [2.24, 2.45) is 7.05 Å². The van der Waals surface area contributed by atoms with Gasteiger partial charge < -0.3 is 4.74 Å². The monoisotopic (exact) mass is 276 g/mol. The number of nitrogens with zero attached hydrogens (tertiary/aromatic N) is 2. The zero-order valence-electron chi connectivity index (χ0n) is 11.4. The van der Waals surface area contributed by atoms with E-state index in [0.717, 1.165) is 15.6 Å². The van der Waals surface area contributed by atoms with Gasteiger partial charge in [0.15, 0.2) is 5.78 Å². The molecule has 0 aliphatic rings. The van der Waals surface area contributed by atoms with Crippen LogP contribution in [0.1, 0.15) is 23.0 Å². The van der Waals surface area contributed by atoms with Crippen LogP contribution in [0.3, 0.4) is 0 Å². The molecule has 1 aromatic heterocycles. The molecule has 0 spiro atoms. The third kappa shape index (κ3) is 2.81. The number of ketones is 1.